The van der Waals surface area contributed by atoms with Crippen LogP contribution in [0, 0.1) is 17.7 Å². The molecule has 2 fully saturated rings. The summed E-state index contributed by atoms with van der Waals surface area (Å²) in [5.41, 5.74) is 0. The highest BCUT2D eigenvalue weighted by Gasteiger charge is 2.40. The number of ether oxygens (including phenoxy) is 1. The van der Waals surface area contributed by atoms with Gasteiger partial charge in [0.15, 0.2) is 6.61 Å². The zero-order valence-electron chi connectivity index (χ0n) is 10.8. The van der Waals surface area contributed by atoms with Gasteiger partial charge in [0.05, 0.1) is 0 Å². The molecule has 1 amide bonds. The average Bonchev–Trinajstić information content (AvgIpc) is 3.00. The van der Waals surface area contributed by atoms with E-state index in [2.05, 4.69) is 5.32 Å². The Morgan fingerprint density at radius 1 is 1.26 bits per heavy atom. The van der Waals surface area contributed by atoms with Crippen LogP contribution in [-0.4, -0.2) is 18.6 Å². The second-order valence-electron chi connectivity index (χ2n) is 5.59. The molecule has 2 aliphatic rings. The van der Waals surface area contributed by atoms with E-state index in [1.165, 1.54) is 43.5 Å². The van der Waals surface area contributed by atoms with Crippen molar-refractivity contribution in [2.24, 2.45) is 11.8 Å². The third-order valence-electron chi connectivity index (χ3n) is 4.27. The molecule has 2 saturated carbocycles. The first-order valence-corrected chi connectivity index (χ1v) is 6.88. The number of halogens is 1. The van der Waals surface area contributed by atoms with Gasteiger partial charge < -0.3 is 10.1 Å². The van der Waals surface area contributed by atoms with Gasteiger partial charge in [0.2, 0.25) is 0 Å². The summed E-state index contributed by atoms with van der Waals surface area (Å²) in [5.74, 6) is 1.61. The van der Waals surface area contributed by atoms with Gasteiger partial charge in [0.25, 0.3) is 5.91 Å². The van der Waals surface area contributed by atoms with Crippen molar-refractivity contribution in [3.63, 3.8) is 0 Å². The molecule has 0 radical (unpaired) electrons. The molecule has 0 heterocycles. The van der Waals surface area contributed by atoms with E-state index < -0.39 is 0 Å². The molecule has 0 spiro atoms. The minimum atomic E-state index is -0.307. The third kappa shape index (κ3) is 2.88. The Morgan fingerprint density at radius 2 is 2.05 bits per heavy atom. The minimum Gasteiger partial charge on any atom is -0.484 e. The lowest BCUT2D eigenvalue weighted by Gasteiger charge is -2.22. The number of rotatable bonds is 4. The van der Waals surface area contributed by atoms with Crippen molar-refractivity contribution < 1.29 is 13.9 Å². The Hall–Kier alpha value is -1.58. The van der Waals surface area contributed by atoms with E-state index in [-0.39, 0.29) is 18.3 Å². The Kier molecular flexibility index (Phi) is 3.40. The first-order chi connectivity index (χ1) is 9.20. The zero-order chi connectivity index (χ0) is 13.2. The van der Waals surface area contributed by atoms with Crippen molar-refractivity contribution in [3.05, 3.63) is 30.1 Å². The average molecular weight is 263 g/mol. The van der Waals surface area contributed by atoms with Crippen LogP contribution < -0.4 is 10.1 Å². The van der Waals surface area contributed by atoms with E-state index >= 15 is 0 Å². The summed E-state index contributed by atoms with van der Waals surface area (Å²) in [6.07, 6.45) is 4.95. The van der Waals surface area contributed by atoms with E-state index in [1.54, 1.807) is 0 Å². The van der Waals surface area contributed by atoms with Crippen molar-refractivity contribution in [2.45, 2.75) is 31.7 Å². The van der Waals surface area contributed by atoms with Crippen LogP contribution >= 0.6 is 0 Å². The van der Waals surface area contributed by atoms with Gasteiger partial charge in [0.1, 0.15) is 11.6 Å². The molecular formula is C15H18FNO2. The van der Waals surface area contributed by atoms with Crippen LogP contribution in [0.1, 0.15) is 25.7 Å². The SMILES string of the molecule is O=C(COc1ccc(F)cc1)N[C@H]1C[C@@H]2CC[C@@H]1C2. The molecule has 1 N–H and O–H groups in total. The molecule has 3 atom stereocenters. The molecule has 0 unspecified atom stereocenters. The van der Waals surface area contributed by atoms with Gasteiger partial charge in [-0.1, -0.05) is 6.42 Å². The number of carbonyl (C=O) groups is 1. The van der Waals surface area contributed by atoms with Crippen LogP contribution in [0.25, 0.3) is 0 Å². The van der Waals surface area contributed by atoms with E-state index in [4.69, 9.17) is 4.74 Å². The van der Waals surface area contributed by atoms with Crippen molar-refractivity contribution in [2.75, 3.05) is 6.61 Å². The van der Waals surface area contributed by atoms with E-state index in [0.717, 1.165) is 12.3 Å². The normalized spacial score (nSPS) is 28.4. The smallest absolute Gasteiger partial charge is 0.258 e. The molecule has 0 aliphatic heterocycles. The lowest BCUT2D eigenvalue weighted by Crippen LogP contribution is -2.40. The summed E-state index contributed by atoms with van der Waals surface area (Å²) in [6, 6.07) is 6.04. The predicted octanol–water partition coefficient (Wildman–Crippen LogP) is 2.51. The largest absolute Gasteiger partial charge is 0.484 e. The van der Waals surface area contributed by atoms with E-state index in [9.17, 15) is 9.18 Å². The van der Waals surface area contributed by atoms with Crippen molar-refractivity contribution >= 4 is 5.91 Å². The topological polar surface area (TPSA) is 38.3 Å². The quantitative estimate of drug-likeness (QED) is 0.906. The first kappa shape index (κ1) is 12.5. The Morgan fingerprint density at radius 3 is 2.68 bits per heavy atom. The van der Waals surface area contributed by atoms with Gasteiger partial charge in [0, 0.05) is 6.04 Å². The molecule has 0 aromatic heterocycles. The number of hydrogen-bond acceptors (Lipinski definition) is 2. The number of nitrogens with one attached hydrogen (secondary N) is 1. The second kappa shape index (κ2) is 5.19. The molecule has 102 valence electrons. The molecular weight excluding hydrogens is 245 g/mol. The molecule has 2 bridgehead atoms. The molecule has 0 saturated heterocycles. The van der Waals surface area contributed by atoms with Gasteiger partial charge in [-0.25, -0.2) is 4.39 Å². The summed E-state index contributed by atoms with van der Waals surface area (Å²) >= 11 is 0. The second-order valence-corrected chi connectivity index (χ2v) is 5.59. The Bertz CT molecular complexity index is 460. The van der Waals surface area contributed by atoms with Crippen molar-refractivity contribution in [1.29, 1.82) is 0 Å². The number of benzene rings is 1. The molecule has 1 aromatic carbocycles. The molecule has 1 aromatic rings. The van der Waals surface area contributed by atoms with Crippen LogP contribution in [-0.2, 0) is 4.79 Å². The van der Waals surface area contributed by atoms with Crippen LogP contribution in [0.4, 0.5) is 4.39 Å². The summed E-state index contributed by atoms with van der Waals surface area (Å²) in [6.45, 7) is -0.000477. The van der Waals surface area contributed by atoms with Gasteiger partial charge in [-0.2, -0.15) is 0 Å². The Labute approximate surface area is 112 Å². The molecule has 19 heavy (non-hydrogen) atoms. The van der Waals surface area contributed by atoms with Crippen LogP contribution in [0.3, 0.4) is 0 Å². The van der Waals surface area contributed by atoms with Gasteiger partial charge in [-0.05, 0) is 55.4 Å². The number of carbonyl (C=O) groups excluding carboxylic acids is 1. The van der Waals surface area contributed by atoms with Crippen LogP contribution in [0.2, 0.25) is 0 Å². The van der Waals surface area contributed by atoms with Gasteiger partial charge in [-0.15, -0.1) is 0 Å². The van der Waals surface area contributed by atoms with E-state index in [1.807, 2.05) is 0 Å². The summed E-state index contributed by atoms with van der Waals surface area (Å²) in [4.78, 5) is 11.8. The zero-order valence-corrected chi connectivity index (χ0v) is 10.8. The predicted molar refractivity (Wildman–Crippen MR) is 69.3 cm³/mol. The van der Waals surface area contributed by atoms with Crippen LogP contribution in [0.15, 0.2) is 24.3 Å². The number of hydrogen-bond donors (Lipinski definition) is 1. The maximum Gasteiger partial charge on any atom is 0.258 e. The molecule has 2 aliphatic carbocycles. The van der Waals surface area contributed by atoms with Gasteiger partial charge in [-0.3, -0.25) is 4.79 Å². The fourth-order valence-electron chi connectivity index (χ4n) is 3.35. The lowest BCUT2D eigenvalue weighted by molar-refractivity contribution is -0.124. The minimum absolute atomic E-state index is 0.000477. The fraction of sp³-hybridized carbons (Fsp3) is 0.533. The standard InChI is InChI=1S/C15H18FNO2/c16-12-3-5-13(6-4-12)19-9-15(18)17-14-8-10-1-2-11(14)7-10/h3-6,10-11,14H,1-2,7-9H2,(H,17,18)/t10-,11-,14+/m1/s1. The summed E-state index contributed by atoms with van der Waals surface area (Å²) in [5, 5.41) is 3.05. The number of fused-ring (bicyclic) bond motifs is 2. The van der Waals surface area contributed by atoms with Crippen LogP contribution in [0.5, 0.6) is 5.75 Å². The summed E-state index contributed by atoms with van der Waals surface area (Å²) < 4.78 is 18.0. The molecule has 3 nitrogen and oxygen atoms in total. The van der Waals surface area contributed by atoms with Gasteiger partial charge >= 0.3 is 0 Å². The molecule has 3 rings (SSSR count). The Balaban J connectivity index is 1.45. The highest BCUT2D eigenvalue weighted by Crippen LogP contribution is 2.44. The van der Waals surface area contributed by atoms with E-state index in [0.29, 0.717) is 17.7 Å². The first-order valence-electron chi connectivity index (χ1n) is 6.88. The summed E-state index contributed by atoms with van der Waals surface area (Å²) in [7, 11) is 0. The maximum atomic E-state index is 12.7. The highest BCUT2D eigenvalue weighted by molar-refractivity contribution is 5.77. The monoisotopic (exact) mass is 263 g/mol. The number of amides is 1. The third-order valence-corrected chi connectivity index (χ3v) is 4.27. The van der Waals surface area contributed by atoms with Crippen molar-refractivity contribution in [3.8, 4) is 5.75 Å². The highest BCUT2D eigenvalue weighted by atomic mass is 19.1. The fourth-order valence-corrected chi connectivity index (χ4v) is 3.35. The maximum absolute atomic E-state index is 12.7. The van der Waals surface area contributed by atoms with Crippen molar-refractivity contribution in [1.82, 2.24) is 5.32 Å². The molecule has 4 heteroatoms. The lowest BCUT2D eigenvalue weighted by atomic mass is 9.95.